The van der Waals surface area contributed by atoms with Crippen LogP contribution in [0.4, 0.5) is 0 Å². The molecule has 0 atom stereocenters. The van der Waals surface area contributed by atoms with Crippen molar-refractivity contribution >= 4 is 22.8 Å². The molecular weight excluding hydrogens is 334 g/mol. The van der Waals surface area contributed by atoms with E-state index in [-0.39, 0.29) is 5.28 Å². The van der Waals surface area contributed by atoms with E-state index < -0.39 is 0 Å². The van der Waals surface area contributed by atoms with Crippen molar-refractivity contribution < 1.29 is 0 Å². The minimum atomic E-state index is 0.285. The van der Waals surface area contributed by atoms with Crippen LogP contribution >= 0.6 is 11.6 Å². The number of hydrogen-bond donors (Lipinski definition) is 1. The summed E-state index contributed by atoms with van der Waals surface area (Å²) < 4.78 is 2.22. The van der Waals surface area contributed by atoms with Gasteiger partial charge in [0.2, 0.25) is 5.28 Å². The maximum absolute atomic E-state index is 6.13. The zero-order valence-electron chi connectivity index (χ0n) is 14.4. The molecule has 25 heavy (non-hydrogen) atoms. The molecule has 5 nitrogen and oxygen atoms in total. The van der Waals surface area contributed by atoms with E-state index in [1.807, 2.05) is 25.1 Å². The molecule has 0 radical (unpaired) electrons. The van der Waals surface area contributed by atoms with Crippen LogP contribution in [0.2, 0.25) is 5.28 Å². The van der Waals surface area contributed by atoms with Crippen molar-refractivity contribution in [3.05, 3.63) is 41.3 Å². The lowest BCUT2D eigenvalue weighted by molar-refractivity contribution is 0.339. The molecule has 0 saturated carbocycles. The summed E-state index contributed by atoms with van der Waals surface area (Å²) in [6, 6.07) is 10.3. The number of nitrogens with zero attached hydrogens (tertiary/aromatic N) is 4. The Labute approximate surface area is 152 Å². The van der Waals surface area contributed by atoms with Crippen molar-refractivity contribution in [1.29, 1.82) is 0 Å². The number of imidazole rings is 1. The molecular formula is C19H22ClN5. The Balaban J connectivity index is 1.76. The number of halogens is 1. The third kappa shape index (κ3) is 3.39. The highest BCUT2D eigenvalue weighted by Crippen LogP contribution is 2.27. The van der Waals surface area contributed by atoms with Gasteiger partial charge in [0.05, 0.1) is 5.69 Å². The predicted molar refractivity (Wildman–Crippen MR) is 101 cm³/mol. The van der Waals surface area contributed by atoms with Gasteiger partial charge in [0, 0.05) is 12.1 Å². The number of rotatable bonds is 4. The average Bonchev–Trinajstić information content (AvgIpc) is 3.00. The Morgan fingerprint density at radius 3 is 2.64 bits per heavy atom. The minimum Gasteiger partial charge on any atom is -0.317 e. The topological polar surface area (TPSA) is 55.6 Å². The van der Waals surface area contributed by atoms with Crippen molar-refractivity contribution in [2.75, 3.05) is 13.1 Å². The summed E-state index contributed by atoms with van der Waals surface area (Å²) in [6.07, 6.45) is 3.61. The third-order valence-corrected chi connectivity index (χ3v) is 5.16. The van der Waals surface area contributed by atoms with Crippen LogP contribution < -0.4 is 5.32 Å². The average molecular weight is 356 g/mol. The number of fused-ring (bicyclic) bond motifs is 1. The Bertz CT molecular complexity index is 868. The van der Waals surface area contributed by atoms with Gasteiger partial charge in [0.1, 0.15) is 11.3 Å². The van der Waals surface area contributed by atoms with Crippen molar-refractivity contribution in [3.63, 3.8) is 0 Å². The second-order valence-corrected chi connectivity index (χ2v) is 7.02. The molecule has 6 heteroatoms. The molecule has 0 unspecified atom stereocenters. The first-order valence-corrected chi connectivity index (χ1v) is 9.26. The summed E-state index contributed by atoms with van der Waals surface area (Å²) in [4.78, 5) is 13.6. The molecule has 3 aromatic rings. The zero-order valence-corrected chi connectivity index (χ0v) is 15.1. The van der Waals surface area contributed by atoms with Gasteiger partial charge in [0.25, 0.3) is 0 Å². The number of hydrogen-bond acceptors (Lipinski definition) is 4. The highest BCUT2D eigenvalue weighted by Gasteiger charge is 2.19. The second-order valence-electron chi connectivity index (χ2n) is 6.69. The van der Waals surface area contributed by atoms with Crippen LogP contribution in [0.25, 0.3) is 22.6 Å². The Morgan fingerprint density at radius 1 is 1.12 bits per heavy atom. The van der Waals surface area contributed by atoms with Crippen LogP contribution in [0.3, 0.4) is 0 Å². The summed E-state index contributed by atoms with van der Waals surface area (Å²) in [5, 5.41) is 3.72. The molecule has 1 saturated heterocycles. The van der Waals surface area contributed by atoms with Crippen LogP contribution in [0, 0.1) is 12.8 Å². The van der Waals surface area contributed by atoms with Crippen molar-refractivity contribution in [2.24, 2.45) is 5.92 Å². The first-order chi connectivity index (χ1) is 12.2. The molecule has 1 aromatic carbocycles. The van der Waals surface area contributed by atoms with Gasteiger partial charge in [-0.1, -0.05) is 30.3 Å². The number of nitrogens with one attached hydrogen (secondary N) is 1. The SMILES string of the molecule is Cc1nc(Cl)nc2c1nc(-c1ccccc1)n2CCC1CCNCC1. The van der Waals surface area contributed by atoms with Crippen LogP contribution in [0.15, 0.2) is 30.3 Å². The quantitative estimate of drug-likeness (QED) is 0.722. The Kier molecular flexibility index (Phi) is 4.68. The van der Waals surface area contributed by atoms with Gasteiger partial charge in [-0.15, -0.1) is 0 Å². The first kappa shape index (κ1) is 16.5. The van der Waals surface area contributed by atoms with Gasteiger partial charge >= 0.3 is 0 Å². The maximum Gasteiger partial charge on any atom is 0.224 e. The number of aryl methyl sites for hydroxylation is 2. The fourth-order valence-corrected chi connectivity index (χ4v) is 3.81. The van der Waals surface area contributed by atoms with Gasteiger partial charge < -0.3 is 9.88 Å². The summed E-state index contributed by atoms with van der Waals surface area (Å²) in [5.74, 6) is 1.70. The number of piperidine rings is 1. The zero-order chi connectivity index (χ0) is 17.2. The molecule has 0 aliphatic carbocycles. The molecule has 0 bridgehead atoms. The standard InChI is InChI=1S/C19H22ClN5/c1-13-16-18(24-19(20)22-13)25(12-9-14-7-10-21-11-8-14)17(23-16)15-5-3-2-4-6-15/h2-6,14,21H,7-12H2,1H3. The lowest BCUT2D eigenvalue weighted by atomic mass is 9.95. The van der Waals surface area contributed by atoms with Crippen molar-refractivity contribution in [2.45, 2.75) is 32.7 Å². The highest BCUT2D eigenvalue weighted by atomic mass is 35.5. The summed E-state index contributed by atoms with van der Waals surface area (Å²) in [5.41, 5.74) is 3.60. The van der Waals surface area contributed by atoms with E-state index in [9.17, 15) is 0 Å². The van der Waals surface area contributed by atoms with Gasteiger partial charge in [-0.2, -0.15) is 4.98 Å². The monoisotopic (exact) mass is 355 g/mol. The van der Waals surface area contributed by atoms with E-state index in [4.69, 9.17) is 16.6 Å². The molecule has 2 aromatic heterocycles. The molecule has 0 spiro atoms. The molecule has 1 aliphatic heterocycles. The Hall–Kier alpha value is -1.98. The van der Waals surface area contributed by atoms with E-state index >= 15 is 0 Å². The van der Waals surface area contributed by atoms with E-state index in [1.54, 1.807) is 0 Å². The van der Waals surface area contributed by atoms with Crippen LogP contribution in [0.5, 0.6) is 0 Å². The van der Waals surface area contributed by atoms with E-state index in [0.29, 0.717) is 0 Å². The summed E-state index contributed by atoms with van der Waals surface area (Å²) >= 11 is 6.13. The van der Waals surface area contributed by atoms with E-state index in [2.05, 4.69) is 32.0 Å². The van der Waals surface area contributed by atoms with Gasteiger partial charge in [-0.25, -0.2) is 9.97 Å². The smallest absolute Gasteiger partial charge is 0.224 e. The number of benzene rings is 1. The van der Waals surface area contributed by atoms with Gasteiger partial charge in [-0.3, -0.25) is 0 Å². The lowest BCUT2D eigenvalue weighted by Crippen LogP contribution is -2.28. The number of aromatic nitrogens is 4. The van der Waals surface area contributed by atoms with Crippen molar-refractivity contribution in [1.82, 2.24) is 24.8 Å². The third-order valence-electron chi connectivity index (χ3n) is 4.99. The summed E-state index contributed by atoms with van der Waals surface area (Å²) in [7, 11) is 0. The molecule has 1 N–H and O–H groups in total. The van der Waals surface area contributed by atoms with Crippen LogP contribution in [0.1, 0.15) is 25.0 Å². The summed E-state index contributed by atoms with van der Waals surface area (Å²) in [6.45, 7) is 5.08. The molecule has 4 rings (SSSR count). The van der Waals surface area contributed by atoms with Crippen LogP contribution in [-0.4, -0.2) is 32.6 Å². The predicted octanol–water partition coefficient (Wildman–Crippen LogP) is 3.84. The van der Waals surface area contributed by atoms with Crippen LogP contribution in [-0.2, 0) is 6.54 Å². The minimum absolute atomic E-state index is 0.285. The van der Waals surface area contributed by atoms with E-state index in [0.717, 1.165) is 60.2 Å². The largest absolute Gasteiger partial charge is 0.317 e. The first-order valence-electron chi connectivity index (χ1n) is 8.89. The fraction of sp³-hybridized carbons (Fsp3) is 0.421. The molecule has 1 aliphatic rings. The lowest BCUT2D eigenvalue weighted by Gasteiger charge is -2.23. The highest BCUT2D eigenvalue weighted by molar-refractivity contribution is 6.28. The van der Waals surface area contributed by atoms with Crippen molar-refractivity contribution in [3.8, 4) is 11.4 Å². The van der Waals surface area contributed by atoms with Gasteiger partial charge in [-0.05, 0) is 56.8 Å². The normalized spacial score (nSPS) is 15.8. The molecule has 3 heterocycles. The van der Waals surface area contributed by atoms with E-state index in [1.165, 1.54) is 12.8 Å². The Morgan fingerprint density at radius 2 is 1.88 bits per heavy atom. The fourth-order valence-electron chi connectivity index (χ4n) is 3.61. The second kappa shape index (κ2) is 7.10. The molecule has 1 fully saturated rings. The maximum atomic E-state index is 6.13. The van der Waals surface area contributed by atoms with Gasteiger partial charge in [0.15, 0.2) is 5.65 Å². The molecule has 0 amide bonds. The molecule has 130 valence electrons.